The Morgan fingerprint density at radius 1 is 1.00 bits per heavy atom. The molecule has 5 aromatic rings. The van der Waals surface area contributed by atoms with Crippen LogP contribution in [0.2, 0.25) is 0 Å². The molecule has 2 aromatic carbocycles. The molecule has 0 bridgehead atoms. The Kier molecular flexibility index (Phi) is 6.47. The number of aromatic nitrogens is 8. The Morgan fingerprint density at radius 3 is 2.57 bits per heavy atom. The number of hydrogen-bond acceptors (Lipinski definition) is 7. The van der Waals surface area contributed by atoms with Gasteiger partial charge in [-0.3, -0.25) is 9.78 Å². The molecule has 1 N–H and O–H groups in total. The zero-order valence-corrected chi connectivity index (χ0v) is 19.3. The van der Waals surface area contributed by atoms with Gasteiger partial charge in [0.15, 0.2) is 0 Å². The number of tetrazole rings is 1. The Balaban J connectivity index is 1.41. The highest BCUT2D eigenvalue weighted by Crippen LogP contribution is 2.28. The zero-order chi connectivity index (χ0) is 24.0. The summed E-state index contributed by atoms with van der Waals surface area (Å²) in [6.45, 7) is 2.66. The van der Waals surface area contributed by atoms with Crippen LogP contribution in [0.4, 0.5) is 0 Å². The van der Waals surface area contributed by atoms with Gasteiger partial charge in [0, 0.05) is 23.7 Å². The standard InChI is InChI=1S/C26H24N8O/c1-2-3-11-22-28-26(24(35)20-8-5-4-6-9-20)31-34(22)17-18-12-14-19(15-13-18)21-10-7-16-27-23(21)25-29-32-33-30-25/h4-10,12-16H,2-3,11,17H2,1H3,(H,29,30,32,33). The van der Waals surface area contributed by atoms with Gasteiger partial charge in [-0.05, 0) is 28.8 Å². The lowest BCUT2D eigenvalue weighted by atomic mass is 10.0. The topological polar surface area (TPSA) is 115 Å². The van der Waals surface area contributed by atoms with E-state index < -0.39 is 0 Å². The molecule has 0 saturated heterocycles. The largest absolute Gasteiger partial charge is 0.285 e. The quantitative estimate of drug-likeness (QED) is 0.326. The van der Waals surface area contributed by atoms with Crippen LogP contribution in [-0.2, 0) is 13.0 Å². The predicted octanol–water partition coefficient (Wildman–Crippen LogP) is 4.14. The molecule has 0 spiro atoms. The van der Waals surface area contributed by atoms with Crippen LogP contribution in [-0.4, -0.2) is 46.2 Å². The maximum atomic E-state index is 12.9. The number of rotatable bonds is 9. The molecule has 0 saturated carbocycles. The Morgan fingerprint density at radius 2 is 1.83 bits per heavy atom. The number of H-pyrrole nitrogens is 1. The predicted molar refractivity (Wildman–Crippen MR) is 130 cm³/mol. The van der Waals surface area contributed by atoms with Crippen LogP contribution in [0.25, 0.3) is 22.6 Å². The molecule has 3 heterocycles. The molecule has 0 atom stereocenters. The second-order valence-corrected chi connectivity index (χ2v) is 8.14. The first kappa shape index (κ1) is 22.3. The van der Waals surface area contributed by atoms with Crippen LogP contribution in [0.1, 0.15) is 47.3 Å². The summed E-state index contributed by atoms with van der Waals surface area (Å²) in [6, 6.07) is 21.2. The average molecular weight is 465 g/mol. The summed E-state index contributed by atoms with van der Waals surface area (Å²) in [5.41, 5.74) is 4.22. The third-order valence-electron chi connectivity index (χ3n) is 5.70. The number of carbonyl (C=O) groups is 1. The van der Waals surface area contributed by atoms with E-state index in [-0.39, 0.29) is 11.6 Å². The first-order chi connectivity index (χ1) is 17.2. The van der Waals surface area contributed by atoms with Gasteiger partial charge < -0.3 is 0 Å². The van der Waals surface area contributed by atoms with E-state index in [1.807, 2.05) is 59.3 Å². The number of carbonyl (C=O) groups excluding carboxylic acids is 1. The molecule has 0 unspecified atom stereocenters. The summed E-state index contributed by atoms with van der Waals surface area (Å²) in [6.07, 6.45) is 4.50. The zero-order valence-electron chi connectivity index (χ0n) is 19.3. The smallest absolute Gasteiger partial charge is 0.232 e. The van der Waals surface area contributed by atoms with Crippen molar-refractivity contribution < 1.29 is 4.79 Å². The Bertz CT molecular complexity index is 1410. The van der Waals surface area contributed by atoms with E-state index >= 15 is 0 Å². The number of hydrogen-bond donors (Lipinski definition) is 1. The van der Waals surface area contributed by atoms with Gasteiger partial charge in [-0.25, -0.2) is 9.67 Å². The van der Waals surface area contributed by atoms with Crippen molar-refractivity contribution in [3.63, 3.8) is 0 Å². The van der Waals surface area contributed by atoms with E-state index in [0.29, 0.717) is 23.6 Å². The minimum Gasteiger partial charge on any atom is -0.285 e. The third-order valence-corrected chi connectivity index (χ3v) is 5.70. The van der Waals surface area contributed by atoms with E-state index in [0.717, 1.165) is 41.8 Å². The minimum atomic E-state index is -0.164. The van der Waals surface area contributed by atoms with Gasteiger partial charge in [-0.1, -0.05) is 74.0 Å². The Labute approximate surface area is 202 Å². The molecule has 174 valence electrons. The molecule has 0 radical (unpaired) electrons. The van der Waals surface area contributed by atoms with E-state index in [1.165, 1.54) is 0 Å². The molecule has 0 fully saturated rings. The molecule has 0 aliphatic heterocycles. The van der Waals surface area contributed by atoms with Gasteiger partial charge in [0.2, 0.25) is 17.4 Å². The first-order valence-corrected chi connectivity index (χ1v) is 11.5. The van der Waals surface area contributed by atoms with Crippen LogP contribution in [0.5, 0.6) is 0 Å². The van der Waals surface area contributed by atoms with Gasteiger partial charge in [-0.2, -0.15) is 5.21 Å². The highest BCUT2D eigenvalue weighted by atomic mass is 16.1. The summed E-state index contributed by atoms with van der Waals surface area (Å²) in [7, 11) is 0. The van der Waals surface area contributed by atoms with Crippen molar-refractivity contribution in [3.05, 3.63) is 95.7 Å². The maximum Gasteiger partial charge on any atom is 0.232 e. The fourth-order valence-electron chi connectivity index (χ4n) is 3.88. The average Bonchev–Trinajstić information content (AvgIpc) is 3.59. The second-order valence-electron chi connectivity index (χ2n) is 8.14. The fraction of sp³-hybridized carbons (Fsp3) is 0.192. The van der Waals surface area contributed by atoms with Crippen molar-refractivity contribution in [2.75, 3.05) is 0 Å². The Hall–Kier alpha value is -4.53. The number of pyridine rings is 1. The fourth-order valence-corrected chi connectivity index (χ4v) is 3.88. The summed E-state index contributed by atoms with van der Waals surface area (Å²) in [5.74, 6) is 1.34. The van der Waals surface area contributed by atoms with Crippen LogP contribution in [0.3, 0.4) is 0 Å². The van der Waals surface area contributed by atoms with Crippen LogP contribution in [0.15, 0.2) is 72.9 Å². The van der Waals surface area contributed by atoms with E-state index in [4.69, 9.17) is 0 Å². The molecule has 0 amide bonds. The van der Waals surface area contributed by atoms with Crippen LogP contribution >= 0.6 is 0 Å². The summed E-state index contributed by atoms with van der Waals surface area (Å²) in [5, 5.41) is 18.8. The monoisotopic (exact) mass is 464 g/mol. The lowest BCUT2D eigenvalue weighted by molar-refractivity contribution is 0.102. The molecule has 35 heavy (non-hydrogen) atoms. The van der Waals surface area contributed by atoms with Gasteiger partial charge in [0.1, 0.15) is 11.5 Å². The lowest BCUT2D eigenvalue weighted by Crippen LogP contribution is -2.08. The first-order valence-electron chi connectivity index (χ1n) is 11.5. The van der Waals surface area contributed by atoms with Crippen LogP contribution < -0.4 is 0 Å². The number of ketones is 1. The van der Waals surface area contributed by atoms with Gasteiger partial charge in [0.25, 0.3) is 0 Å². The summed E-state index contributed by atoms with van der Waals surface area (Å²) >= 11 is 0. The van der Waals surface area contributed by atoms with Gasteiger partial charge in [0.05, 0.1) is 6.54 Å². The minimum absolute atomic E-state index is 0.164. The summed E-state index contributed by atoms with van der Waals surface area (Å²) in [4.78, 5) is 21.9. The van der Waals surface area contributed by atoms with Crippen molar-refractivity contribution in [2.45, 2.75) is 32.7 Å². The second kappa shape index (κ2) is 10.2. The van der Waals surface area contributed by atoms with Gasteiger partial charge >= 0.3 is 0 Å². The van der Waals surface area contributed by atoms with E-state index in [1.54, 1.807) is 18.3 Å². The highest BCUT2D eigenvalue weighted by molar-refractivity contribution is 6.06. The van der Waals surface area contributed by atoms with Crippen LogP contribution in [0, 0.1) is 0 Å². The highest BCUT2D eigenvalue weighted by Gasteiger charge is 2.18. The number of nitrogens with one attached hydrogen (secondary N) is 1. The number of aromatic amines is 1. The van der Waals surface area contributed by atoms with Crippen molar-refractivity contribution in [1.82, 2.24) is 40.4 Å². The number of nitrogens with zero attached hydrogens (tertiary/aromatic N) is 7. The lowest BCUT2D eigenvalue weighted by Gasteiger charge is -2.09. The molecular weight excluding hydrogens is 440 g/mol. The van der Waals surface area contributed by atoms with Crippen molar-refractivity contribution in [2.24, 2.45) is 0 Å². The number of benzene rings is 2. The number of unbranched alkanes of at least 4 members (excludes halogenated alkanes) is 1. The summed E-state index contributed by atoms with van der Waals surface area (Å²) < 4.78 is 1.84. The molecule has 9 heteroatoms. The molecule has 3 aromatic heterocycles. The van der Waals surface area contributed by atoms with Crippen molar-refractivity contribution in [3.8, 4) is 22.6 Å². The molecular formula is C26H24N8O. The normalized spacial score (nSPS) is 11.0. The molecule has 9 nitrogen and oxygen atoms in total. The molecule has 5 rings (SSSR count). The molecule has 0 aliphatic rings. The van der Waals surface area contributed by atoms with Crippen molar-refractivity contribution in [1.29, 1.82) is 0 Å². The van der Waals surface area contributed by atoms with E-state index in [2.05, 4.69) is 42.6 Å². The van der Waals surface area contributed by atoms with Gasteiger partial charge in [-0.15, -0.1) is 15.3 Å². The van der Waals surface area contributed by atoms with Crippen molar-refractivity contribution >= 4 is 5.78 Å². The molecule has 0 aliphatic carbocycles. The SMILES string of the molecule is CCCCc1nc(C(=O)c2ccccc2)nn1Cc1ccc(-c2cccnc2-c2nn[nH]n2)cc1. The van der Waals surface area contributed by atoms with E-state index in [9.17, 15) is 4.79 Å². The maximum absolute atomic E-state index is 12.9. The third kappa shape index (κ3) is 4.89. The number of aryl methyl sites for hydroxylation is 1.